The highest BCUT2D eigenvalue weighted by atomic mass is 35.5. The summed E-state index contributed by atoms with van der Waals surface area (Å²) >= 11 is 5.90. The highest BCUT2D eigenvalue weighted by Gasteiger charge is 2.27. The van der Waals surface area contributed by atoms with Crippen molar-refractivity contribution < 1.29 is 14.0 Å². The molecular weight excluding hydrogens is 393 g/mol. The zero-order valence-corrected chi connectivity index (χ0v) is 16.9. The average molecular weight is 416 g/mol. The van der Waals surface area contributed by atoms with E-state index in [0.29, 0.717) is 44.3 Å². The lowest BCUT2D eigenvalue weighted by molar-refractivity contribution is -0.133. The summed E-state index contributed by atoms with van der Waals surface area (Å²) in [5, 5.41) is 0.335. The van der Waals surface area contributed by atoms with Gasteiger partial charge in [-0.15, -0.1) is 0 Å². The second-order valence-electron chi connectivity index (χ2n) is 7.53. The van der Waals surface area contributed by atoms with Gasteiger partial charge in [-0.2, -0.15) is 0 Å². The zero-order chi connectivity index (χ0) is 20.4. The van der Waals surface area contributed by atoms with E-state index in [-0.39, 0.29) is 17.4 Å². The summed E-state index contributed by atoms with van der Waals surface area (Å²) in [6, 6.07) is 12.2. The van der Waals surface area contributed by atoms with E-state index in [4.69, 9.17) is 11.6 Å². The number of hydrogen-bond donors (Lipinski definition) is 0. The quantitative estimate of drug-likeness (QED) is 0.774. The third-order valence-corrected chi connectivity index (χ3v) is 5.90. The molecule has 0 saturated carbocycles. The van der Waals surface area contributed by atoms with E-state index in [9.17, 15) is 14.0 Å². The lowest BCUT2D eigenvalue weighted by atomic mass is 10.00. The molecule has 0 bridgehead atoms. The minimum Gasteiger partial charge on any atom is -0.337 e. The van der Waals surface area contributed by atoms with E-state index < -0.39 is 5.82 Å². The summed E-state index contributed by atoms with van der Waals surface area (Å²) in [6.45, 7) is 3.83. The van der Waals surface area contributed by atoms with Crippen LogP contribution in [0.3, 0.4) is 0 Å². The largest absolute Gasteiger partial charge is 0.337 e. The van der Waals surface area contributed by atoms with Crippen LogP contribution in [-0.4, -0.2) is 65.8 Å². The molecule has 0 spiro atoms. The molecule has 1 fully saturated rings. The second kappa shape index (κ2) is 8.51. The van der Waals surface area contributed by atoms with E-state index in [1.165, 1.54) is 29.3 Å². The first-order valence-corrected chi connectivity index (χ1v) is 10.2. The number of fused-ring (bicyclic) bond motifs is 1. The third kappa shape index (κ3) is 4.43. The van der Waals surface area contributed by atoms with Crippen LogP contribution < -0.4 is 0 Å². The SMILES string of the molecule is O=C(CN1CCN(C(=O)c2cc(Cl)ccc2F)CC1)N1CCc2ccccc2C1. The van der Waals surface area contributed by atoms with Crippen LogP contribution in [0, 0.1) is 5.82 Å². The molecule has 2 aliphatic rings. The van der Waals surface area contributed by atoms with Crippen molar-refractivity contribution in [3.63, 3.8) is 0 Å². The summed E-state index contributed by atoms with van der Waals surface area (Å²) in [6.07, 6.45) is 0.884. The summed E-state index contributed by atoms with van der Waals surface area (Å²) in [4.78, 5) is 30.9. The van der Waals surface area contributed by atoms with Gasteiger partial charge < -0.3 is 9.80 Å². The molecule has 2 aromatic carbocycles. The number of hydrogen-bond acceptors (Lipinski definition) is 3. The maximum absolute atomic E-state index is 14.0. The molecule has 1 saturated heterocycles. The fourth-order valence-electron chi connectivity index (χ4n) is 3.94. The molecule has 2 aliphatic heterocycles. The number of nitrogens with zero attached hydrogens (tertiary/aromatic N) is 3. The summed E-state index contributed by atoms with van der Waals surface area (Å²) in [5.74, 6) is -0.814. The van der Waals surface area contributed by atoms with E-state index in [1.54, 1.807) is 4.90 Å². The van der Waals surface area contributed by atoms with E-state index in [0.717, 1.165) is 13.0 Å². The van der Waals surface area contributed by atoms with Gasteiger partial charge in [0, 0.05) is 44.3 Å². The van der Waals surface area contributed by atoms with Gasteiger partial charge >= 0.3 is 0 Å². The normalized spacial score (nSPS) is 17.2. The van der Waals surface area contributed by atoms with Crippen LogP contribution in [0.4, 0.5) is 4.39 Å². The molecule has 0 radical (unpaired) electrons. The van der Waals surface area contributed by atoms with Crippen LogP contribution in [0.2, 0.25) is 5.02 Å². The Morgan fingerprint density at radius 1 is 0.931 bits per heavy atom. The van der Waals surface area contributed by atoms with Crippen LogP contribution in [0.5, 0.6) is 0 Å². The number of benzene rings is 2. The van der Waals surface area contributed by atoms with Crippen molar-refractivity contribution in [1.82, 2.24) is 14.7 Å². The smallest absolute Gasteiger partial charge is 0.256 e. The van der Waals surface area contributed by atoms with Crippen molar-refractivity contribution in [1.29, 1.82) is 0 Å². The van der Waals surface area contributed by atoms with Gasteiger partial charge in [0.1, 0.15) is 5.82 Å². The zero-order valence-electron chi connectivity index (χ0n) is 16.1. The maximum Gasteiger partial charge on any atom is 0.256 e. The molecule has 152 valence electrons. The van der Waals surface area contributed by atoms with Crippen LogP contribution >= 0.6 is 11.6 Å². The van der Waals surface area contributed by atoms with Crippen molar-refractivity contribution in [2.24, 2.45) is 0 Å². The van der Waals surface area contributed by atoms with Crippen molar-refractivity contribution >= 4 is 23.4 Å². The van der Waals surface area contributed by atoms with Gasteiger partial charge in [-0.25, -0.2) is 4.39 Å². The number of carbonyl (C=O) groups excluding carboxylic acids is 2. The van der Waals surface area contributed by atoms with E-state index in [2.05, 4.69) is 17.0 Å². The predicted molar refractivity (Wildman–Crippen MR) is 109 cm³/mol. The topological polar surface area (TPSA) is 43.9 Å². The highest BCUT2D eigenvalue weighted by Crippen LogP contribution is 2.20. The van der Waals surface area contributed by atoms with Gasteiger partial charge in [-0.05, 0) is 35.7 Å². The summed E-state index contributed by atoms with van der Waals surface area (Å²) in [7, 11) is 0. The Balaban J connectivity index is 1.30. The Morgan fingerprint density at radius 3 is 2.41 bits per heavy atom. The molecule has 2 amide bonds. The Hall–Kier alpha value is -2.44. The van der Waals surface area contributed by atoms with Crippen LogP contribution in [0.15, 0.2) is 42.5 Å². The van der Waals surface area contributed by atoms with E-state index >= 15 is 0 Å². The third-order valence-electron chi connectivity index (χ3n) is 5.66. The number of carbonyl (C=O) groups is 2. The van der Waals surface area contributed by atoms with Crippen LogP contribution in [0.1, 0.15) is 21.5 Å². The number of halogens is 2. The number of piperazine rings is 1. The van der Waals surface area contributed by atoms with Gasteiger partial charge in [-0.1, -0.05) is 35.9 Å². The van der Waals surface area contributed by atoms with Gasteiger partial charge in [-0.3, -0.25) is 14.5 Å². The first-order valence-electron chi connectivity index (χ1n) is 9.82. The monoisotopic (exact) mass is 415 g/mol. The van der Waals surface area contributed by atoms with Gasteiger partial charge in [0.15, 0.2) is 0 Å². The lowest BCUT2D eigenvalue weighted by Crippen LogP contribution is -2.52. The second-order valence-corrected chi connectivity index (χ2v) is 7.96. The fourth-order valence-corrected chi connectivity index (χ4v) is 4.11. The van der Waals surface area contributed by atoms with Crippen molar-refractivity contribution in [2.45, 2.75) is 13.0 Å². The van der Waals surface area contributed by atoms with Crippen molar-refractivity contribution in [3.8, 4) is 0 Å². The maximum atomic E-state index is 14.0. The molecule has 0 aliphatic carbocycles. The molecule has 29 heavy (non-hydrogen) atoms. The molecule has 2 heterocycles. The van der Waals surface area contributed by atoms with Crippen molar-refractivity contribution in [3.05, 3.63) is 70.0 Å². The molecule has 5 nitrogen and oxygen atoms in total. The van der Waals surface area contributed by atoms with Gasteiger partial charge in [0.05, 0.1) is 12.1 Å². The minimum atomic E-state index is -0.567. The summed E-state index contributed by atoms with van der Waals surface area (Å²) in [5.41, 5.74) is 2.52. The summed E-state index contributed by atoms with van der Waals surface area (Å²) < 4.78 is 14.0. The molecule has 7 heteroatoms. The highest BCUT2D eigenvalue weighted by molar-refractivity contribution is 6.31. The Morgan fingerprint density at radius 2 is 1.66 bits per heavy atom. The average Bonchev–Trinajstić information content (AvgIpc) is 2.75. The molecule has 0 N–H and O–H groups in total. The first-order chi connectivity index (χ1) is 14.0. The molecule has 0 atom stereocenters. The molecule has 2 aromatic rings. The molecule has 0 aromatic heterocycles. The minimum absolute atomic E-state index is 0.00555. The fraction of sp³-hybridized carbons (Fsp3) is 0.364. The Labute approximate surface area is 174 Å². The van der Waals surface area contributed by atoms with Crippen LogP contribution in [-0.2, 0) is 17.8 Å². The van der Waals surface area contributed by atoms with Crippen LogP contribution in [0.25, 0.3) is 0 Å². The van der Waals surface area contributed by atoms with Crippen molar-refractivity contribution in [2.75, 3.05) is 39.3 Å². The molecule has 0 unspecified atom stereocenters. The molecular formula is C22H23ClFN3O2. The van der Waals surface area contributed by atoms with Gasteiger partial charge in [0.25, 0.3) is 5.91 Å². The predicted octanol–water partition coefficient (Wildman–Crippen LogP) is 2.82. The number of rotatable bonds is 3. The standard InChI is InChI=1S/C22H23ClFN3O2/c23-18-5-6-20(24)19(13-18)22(29)26-11-9-25(10-12-26)15-21(28)27-8-7-16-3-1-2-4-17(16)14-27/h1-6,13H,7-12,14-15H2. The lowest BCUT2D eigenvalue weighted by Gasteiger charge is -2.36. The van der Waals surface area contributed by atoms with Gasteiger partial charge in [0.2, 0.25) is 5.91 Å². The van der Waals surface area contributed by atoms with E-state index in [1.807, 2.05) is 17.0 Å². The molecule has 4 rings (SSSR count). The first kappa shape index (κ1) is 19.9. The number of amides is 2. The Kier molecular flexibility index (Phi) is 5.83. The Bertz CT molecular complexity index is 928.